The number of anilines is 1. The van der Waals surface area contributed by atoms with Gasteiger partial charge in [-0.2, -0.15) is 0 Å². The lowest BCUT2D eigenvalue weighted by Gasteiger charge is -2.39. The molecule has 0 saturated carbocycles. The lowest BCUT2D eigenvalue weighted by atomic mass is 9.91. The van der Waals surface area contributed by atoms with Crippen LogP contribution in [0.25, 0.3) is 32.5 Å². The molecule has 9 heterocycles. The van der Waals surface area contributed by atoms with E-state index < -0.39 is 36.0 Å². The number of ether oxygens (including phenoxy) is 2. The number of amides is 2. The monoisotopic (exact) mass is 1090 g/mol. The van der Waals surface area contributed by atoms with Gasteiger partial charge in [-0.1, -0.05) is 50.1 Å². The number of thiazole rings is 1. The molecule has 5 saturated heterocycles. The average Bonchev–Trinajstić information content (AvgIpc) is 4.46. The van der Waals surface area contributed by atoms with Gasteiger partial charge >= 0.3 is 0 Å². The molecule has 412 valence electrons. The van der Waals surface area contributed by atoms with E-state index in [1.54, 1.807) is 23.6 Å². The van der Waals surface area contributed by atoms with E-state index in [0.29, 0.717) is 48.8 Å². The third-order valence-corrected chi connectivity index (χ3v) is 18.1. The number of fused-ring (bicyclic) bond motifs is 5. The first-order chi connectivity index (χ1) is 38.1. The van der Waals surface area contributed by atoms with E-state index in [1.165, 1.54) is 29.2 Å². The number of aromatic hydroxyl groups is 1. The Morgan fingerprint density at radius 2 is 1.82 bits per heavy atom. The molecular formula is C59H64F2N10O7S. The summed E-state index contributed by atoms with van der Waals surface area (Å²) in [6, 6.07) is 14.5. The largest absolute Gasteiger partial charge is 0.508 e. The van der Waals surface area contributed by atoms with Crippen LogP contribution in [0.5, 0.6) is 11.6 Å². The smallest absolute Gasteiger partial charge is 0.254 e. The van der Waals surface area contributed by atoms with Crippen LogP contribution in [-0.2, 0) is 14.3 Å². The second-order valence-electron chi connectivity index (χ2n) is 22.5. The average molecular weight is 1100 g/mol. The van der Waals surface area contributed by atoms with Gasteiger partial charge in [0.2, 0.25) is 18.2 Å². The number of hydrogen-bond donors (Lipinski definition) is 5. The minimum absolute atomic E-state index is 0.0114. The van der Waals surface area contributed by atoms with Crippen molar-refractivity contribution in [2.45, 2.75) is 127 Å². The minimum Gasteiger partial charge on any atom is -0.508 e. The van der Waals surface area contributed by atoms with Crippen LogP contribution < -0.4 is 20.7 Å². The highest BCUT2D eigenvalue weighted by atomic mass is 32.1. The SMILES string of the molecule is C#Cc1c(F)ccc2cc(O)cc(-c3ncc4c(c3F)NC(OC[C@]35CCCN3[C@H](COc3cc([C@H](C(=O)N6C[C@H](O)C[C@H]6C(=O)N[C@@H](C)c6ccc(-c7scnc7C)cc6)C(C)C)on3)CC5)N=C4N3CC4CCC(C3)N4)c12. The number of piperazine rings is 1. The number of benzene rings is 3. The molecule has 6 aliphatic rings. The van der Waals surface area contributed by atoms with Crippen molar-refractivity contribution in [1.82, 2.24) is 40.5 Å². The van der Waals surface area contributed by atoms with Crippen LogP contribution in [-0.4, -0.2) is 139 Å². The molecule has 0 aliphatic carbocycles. The standard InChI is InChI=1S/C59H64F2N10O7S/c1-6-42-45(60)15-12-36-20-40(72)21-43(50(36)42)52-51(61)53-44(24-62-52)55(69-25-37-13-14-38(26-69)65-37)67-58(66-53)77-29-59-17-7-19-71(59)39(16-18-59)28-76-48-23-47(78-68-48)49(31(2)3)57(75)70-27-41(73)22-46(70)56(74)64-32(4)34-8-10-35(11-9-34)54-33(5)63-30-79-54/h1,8-12,15,20-21,23-24,30-32,37-39,41,46,49,58,65-66,72-73H,7,13-14,16-19,22,25-29H2,2-5H3,(H,64,74)/t32-,37?,38?,39-,41+,46-,49+,58?,59+/m0/s1. The van der Waals surface area contributed by atoms with Gasteiger partial charge in [-0.05, 0) is 105 Å². The molecule has 12 rings (SSSR count). The van der Waals surface area contributed by atoms with E-state index in [4.69, 9.17) is 25.4 Å². The molecule has 3 unspecified atom stereocenters. The number of pyridine rings is 1. The normalized spacial score (nSPS) is 25.2. The molecule has 2 amide bonds. The van der Waals surface area contributed by atoms with Crippen molar-refractivity contribution < 1.29 is 42.6 Å². The molecule has 5 fully saturated rings. The summed E-state index contributed by atoms with van der Waals surface area (Å²) in [5.41, 5.74) is 5.02. The topological polar surface area (TPSA) is 203 Å². The van der Waals surface area contributed by atoms with E-state index in [2.05, 4.69) is 46.8 Å². The molecule has 0 spiro atoms. The maximum absolute atomic E-state index is 17.4. The first-order valence-corrected chi connectivity index (χ1v) is 28.3. The number of carbonyl (C=O) groups excluding carboxylic acids is 2. The maximum Gasteiger partial charge on any atom is 0.254 e. The first-order valence-electron chi connectivity index (χ1n) is 27.4. The number of halogens is 2. The number of aliphatic hydroxyl groups is 1. The van der Waals surface area contributed by atoms with E-state index in [1.807, 2.05) is 57.5 Å². The summed E-state index contributed by atoms with van der Waals surface area (Å²) in [4.78, 5) is 49.6. The third kappa shape index (κ3) is 9.87. The minimum atomic E-state index is -0.962. The van der Waals surface area contributed by atoms with Gasteiger partial charge in [0.25, 0.3) is 5.88 Å². The molecule has 2 bridgehead atoms. The fourth-order valence-corrected chi connectivity index (χ4v) is 14.0. The molecule has 79 heavy (non-hydrogen) atoms. The molecule has 0 radical (unpaired) electrons. The van der Waals surface area contributed by atoms with Crippen molar-refractivity contribution >= 4 is 45.4 Å². The molecule has 20 heteroatoms. The summed E-state index contributed by atoms with van der Waals surface area (Å²) in [6.45, 7) is 10.5. The van der Waals surface area contributed by atoms with Gasteiger partial charge in [0, 0.05) is 72.9 Å². The number of rotatable bonds is 14. The lowest BCUT2D eigenvalue weighted by molar-refractivity contribution is -0.141. The third-order valence-electron chi connectivity index (χ3n) is 17.1. The van der Waals surface area contributed by atoms with Crippen molar-refractivity contribution in [2.75, 3.05) is 44.7 Å². The number of aliphatic imine (C=N–C) groups is 1. The van der Waals surface area contributed by atoms with Crippen molar-refractivity contribution in [3.8, 4) is 45.7 Å². The molecule has 5 N–H and O–H groups in total. The Bertz CT molecular complexity index is 3390. The number of terminal acetylenes is 1. The molecule has 17 nitrogen and oxygen atoms in total. The van der Waals surface area contributed by atoms with E-state index in [0.717, 1.165) is 66.8 Å². The van der Waals surface area contributed by atoms with Crippen LogP contribution in [0.1, 0.15) is 106 Å². The molecule has 3 aromatic heterocycles. The summed E-state index contributed by atoms with van der Waals surface area (Å²) in [6.07, 6.45) is 11.2. The van der Waals surface area contributed by atoms with Gasteiger partial charge in [0.1, 0.15) is 41.7 Å². The molecule has 3 aromatic carbocycles. The first kappa shape index (κ1) is 52.7. The Morgan fingerprint density at radius 3 is 2.57 bits per heavy atom. The predicted octanol–water partition coefficient (Wildman–Crippen LogP) is 7.85. The number of hydrogen-bond acceptors (Lipinski definition) is 16. The highest BCUT2D eigenvalue weighted by Gasteiger charge is 2.51. The summed E-state index contributed by atoms with van der Waals surface area (Å²) in [5.74, 6) is 0.338. The molecule has 9 atom stereocenters. The number of nitrogens with one attached hydrogen (secondary N) is 3. The lowest BCUT2D eigenvalue weighted by Crippen LogP contribution is -2.54. The zero-order chi connectivity index (χ0) is 54.9. The maximum atomic E-state index is 17.4. The zero-order valence-corrected chi connectivity index (χ0v) is 45.4. The van der Waals surface area contributed by atoms with Crippen molar-refractivity contribution in [3.63, 3.8) is 0 Å². The van der Waals surface area contributed by atoms with E-state index in [9.17, 15) is 19.8 Å². The summed E-state index contributed by atoms with van der Waals surface area (Å²) < 4.78 is 51.4. The predicted molar refractivity (Wildman–Crippen MR) is 294 cm³/mol. The van der Waals surface area contributed by atoms with Gasteiger partial charge in [0.05, 0.1) is 51.6 Å². The molecular weight excluding hydrogens is 1030 g/mol. The number of likely N-dealkylation sites (tertiary alicyclic amines) is 2. The number of β-amino-alcohol motifs (C(OH)–C–C–N with tert-alkyl or cyclic N) is 1. The zero-order valence-electron chi connectivity index (χ0n) is 44.5. The highest BCUT2D eigenvalue weighted by molar-refractivity contribution is 7.13. The number of phenols is 1. The van der Waals surface area contributed by atoms with Crippen molar-refractivity contribution in [3.05, 3.63) is 106 Å². The number of aliphatic hydroxyl groups excluding tert-OH is 1. The summed E-state index contributed by atoms with van der Waals surface area (Å²) in [5, 5.41) is 36.6. The van der Waals surface area contributed by atoms with Crippen LogP contribution in [0, 0.1) is 36.8 Å². The molecule has 6 aromatic rings. The van der Waals surface area contributed by atoms with Crippen molar-refractivity contribution in [2.24, 2.45) is 10.9 Å². The van der Waals surface area contributed by atoms with Crippen LogP contribution >= 0.6 is 11.3 Å². The van der Waals surface area contributed by atoms with Crippen LogP contribution in [0.3, 0.4) is 0 Å². The summed E-state index contributed by atoms with van der Waals surface area (Å²) >= 11 is 1.58. The van der Waals surface area contributed by atoms with Crippen LogP contribution in [0.2, 0.25) is 0 Å². The van der Waals surface area contributed by atoms with Gasteiger partial charge in [0.15, 0.2) is 11.6 Å². The summed E-state index contributed by atoms with van der Waals surface area (Å²) in [7, 11) is 0. The Labute approximate surface area is 460 Å². The number of phenolic OH excluding ortho intramolecular Hbond substituents is 1. The van der Waals surface area contributed by atoms with Gasteiger partial charge in [-0.3, -0.25) is 19.5 Å². The van der Waals surface area contributed by atoms with Crippen LogP contribution in [0.4, 0.5) is 14.5 Å². The second kappa shape index (κ2) is 21.2. The quantitative estimate of drug-likeness (QED) is 0.0660. The fraction of sp³-hybridized carbons (Fsp3) is 0.458. The number of aromatic nitrogens is 3. The molecule has 6 aliphatic heterocycles. The van der Waals surface area contributed by atoms with Gasteiger partial charge in [-0.15, -0.1) is 17.8 Å². The van der Waals surface area contributed by atoms with Gasteiger partial charge in [-0.25, -0.2) is 18.8 Å². The number of nitrogens with zero attached hydrogens (tertiary/aromatic N) is 7. The number of carbonyl (C=O) groups is 2. The fourth-order valence-electron chi connectivity index (χ4n) is 13.2. The Balaban J connectivity index is 0.718. The Hall–Kier alpha value is -7.02. The second-order valence-corrected chi connectivity index (χ2v) is 23.4. The number of amidine groups is 1. The Morgan fingerprint density at radius 1 is 1.03 bits per heavy atom. The number of aryl methyl sites for hydroxylation is 1. The van der Waals surface area contributed by atoms with E-state index in [-0.39, 0.29) is 99.9 Å². The van der Waals surface area contributed by atoms with E-state index >= 15 is 8.78 Å². The van der Waals surface area contributed by atoms with Gasteiger partial charge < -0.3 is 50.0 Å². The van der Waals surface area contributed by atoms with Crippen molar-refractivity contribution in [1.29, 1.82) is 0 Å². The Kier molecular flexibility index (Phi) is 14.1. The highest BCUT2D eigenvalue weighted by Crippen LogP contribution is 2.45. The van der Waals surface area contributed by atoms with Crippen LogP contribution in [0.15, 0.2) is 75.8 Å².